The molecule has 1 aliphatic heterocycles. The van der Waals surface area contributed by atoms with Crippen molar-refractivity contribution in [1.82, 2.24) is 0 Å². The Balaban J connectivity index is 1.53. The van der Waals surface area contributed by atoms with Gasteiger partial charge in [0, 0.05) is 18.3 Å². The highest BCUT2D eigenvalue weighted by Gasteiger charge is 2.48. The molecular weight excluding hydrogens is 280 g/mol. The zero-order valence-electron chi connectivity index (χ0n) is 12.5. The Kier molecular flexibility index (Phi) is 4.60. The molecule has 1 aliphatic carbocycles. The molecule has 1 heterocycles. The molecule has 0 spiro atoms. The van der Waals surface area contributed by atoms with Crippen molar-refractivity contribution in [1.29, 1.82) is 0 Å². The van der Waals surface area contributed by atoms with Crippen LogP contribution in [0.15, 0.2) is 42.5 Å². The van der Waals surface area contributed by atoms with Crippen LogP contribution in [0, 0.1) is 11.8 Å². The van der Waals surface area contributed by atoms with Crippen molar-refractivity contribution < 1.29 is 19.7 Å². The smallest absolute Gasteiger partial charge is 0.306 e. The largest absolute Gasteiger partial charge is 0.462 e. The van der Waals surface area contributed by atoms with Crippen molar-refractivity contribution in [2.75, 3.05) is 0 Å². The van der Waals surface area contributed by atoms with E-state index >= 15 is 0 Å². The average Bonchev–Trinajstić information content (AvgIpc) is 2.99. The molecule has 1 aromatic carbocycles. The van der Waals surface area contributed by atoms with E-state index in [0.29, 0.717) is 19.3 Å². The Morgan fingerprint density at radius 1 is 1.32 bits per heavy atom. The van der Waals surface area contributed by atoms with Gasteiger partial charge < -0.3 is 14.9 Å². The number of aliphatic hydroxyl groups is 2. The highest BCUT2D eigenvalue weighted by Crippen LogP contribution is 2.42. The molecule has 22 heavy (non-hydrogen) atoms. The summed E-state index contributed by atoms with van der Waals surface area (Å²) in [6.07, 6.45) is 4.78. The molecule has 2 fully saturated rings. The molecule has 1 saturated heterocycles. The Hall–Kier alpha value is -1.65. The number of carbonyl (C=O) groups is 1. The van der Waals surface area contributed by atoms with Gasteiger partial charge in [0.1, 0.15) is 6.10 Å². The predicted octanol–water partition coefficient (Wildman–Crippen LogP) is 1.85. The lowest BCUT2D eigenvalue weighted by Crippen LogP contribution is -2.18. The molecule has 2 aliphatic rings. The first-order valence-corrected chi connectivity index (χ1v) is 7.91. The number of aliphatic hydroxyl groups excluding tert-OH is 2. The molecule has 0 amide bonds. The zero-order chi connectivity index (χ0) is 15.5. The fourth-order valence-corrected chi connectivity index (χ4v) is 3.50. The third-order valence-electron chi connectivity index (χ3n) is 4.70. The van der Waals surface area contributed by atoms with Crippen molar-refractivity contribution in [3.63, 3.8) is 0 Å². The molecule has 0 radical (unpaired) electrons. The maximum absolute atomic E-state index is 11.3. The summed E-state index contributed by atoms with van der Waals surface area (Å²) in [4.78, 5) is 11.3. The number of hydrogen-bond donors (Lipinski definition) is 2. The molecular formula is C18H22O4. The lowest BCUT2D eigenvalue weighted by Gasteiger charge is -2.15. The first-order valence-electron chi connectivity index (χ1n) is 7.91. The zero-order valence-corrected chi connectivity index (χ0v) is 12.5. The van der Waals surface area contributed by atoms with Crippen molar-refractivity contribution in [3.8, 4) is 0 Å². The van der Waals surface area contributed by atoms with E-state index in [1.807, 2.05) is 36.4 Å². The number of ether oxygens (including phenoxy) is 1. The lowest BCUT2D eigenvalue weighted by atomic mass is 9.91. The summed E-state index contributed by atoms with van der Waals surface area (Å²) < 4.78 is 5.20. The van der Waals surface area contributed by atoms with Gasteiger partial charge in [-0.05, 0) is 18.4 Å². The second-order valence-corrected chi connectivity index (χ2v) is 6.25. The predicted molar refractivity (Wildman–Crippen MR) is 82.0 cm³/mol. The first-order chi connectivity index (χ1) is 10.6. The third kappa shape index (κ3) is 3.39. The second-order valence-electron chi connectivity index (χ2n) is 6.25. The van der Waals surface area contributed by atoms with Gasteiger partial charge in [0.05, 0.1) is 18.6 Å². The molecule has 2 N–H and O–H groups in total. The maximum Gasteiger partial charge on any atom is 0.306 e. The monoisotopic (exact) mass is 302 g/mol. The lowest BCUT2D eigenvalue weighted by molar-refractivity contribution is -0.141. The normalized spacial score (nSPS) is 32.2. The van der Waals surface area contributed by atoms with E-state index in [1.54, 1.807) is 6.08 Å². The minimum atomic E-state index is -0.538. The topological polar surface area (TPSA) is 66.8 Å². The molecule has 4 heteroatoms. The quantitative estimate of drug-likeness (QED) is 0.643. The van der Waals surface area contributed by atoms with Gasteiger partial charge in [0.2, 0.25) is 0 Å². The number of benzene rings is 1. The van der Waals surface area contributed by atoms with E-state index < -0.39 is 12.2 Å². The van der Waals surface area contributed by atoms with Crippen LogP contribution in [0.1, 0.15) is 24.8 Å². The molecule has 118 valence electrons. The number of rotatable bonds is 5. The van der Waals surface area contributed by atoms with E-state index in [9.17, 15) is 15.0 Å². The summed E-state index contributed by atoms with van der Waals surface area (Å²) >= 11 is 0. The summed E-state index contributed by atoms with van der Waals surface area (Å²) in [5.74, 6) is -0.215. The van der Waals surface area contributed by atoms with E-state index in [-0.39, 0.29) is 23.9 Å². The number of carbonyl (C=O) groups excluding carboxylic acids is 1. The van der Waals surface area contributed by atoms with Gasteiger partial charge in [-0.25, -0.2) is 0 Å². The molecule has 1 saturated carbocycles. The Morgan fingerprint density at radius 3 is 2.86 bits per heavy atom. The third-order valence-corrected chi connectivity index (χ3v) is 4.70. The van der Waals surface area contributed by atoms with E-state index in [1.165, 1.54) is 5.56 Å². The van der Waals surface area contributed by atoms with Crippen LogP contribution >= 0.6 is 0 Å². The maximum atomic E-state index is 11.3. The van der Waals surface area contributed by atoms with Crippen LogP contribution in [0.4, 0.5) is 0 Å². The van der Waals surface area contributed by atoms with E-state index in [0.717, 1.165) is 6.42 Å². The fourth-order valence-electron chi connectivity index (χ4n) is 3.50. The molecule has 0 bridgehead atoms. The second kappa shape index (κ2) is 6.63. The Labute approximate surface area is 130 Å². The van der Waals surface area contributed by atoms with Crippen LogP contribution < -0.4 is 0 Å². The van der Waals surface area contributed by atoms with Crippen molar-refractivity contribution in [2.45, 2.75) is 44.0 Å². The van der Waals surface area contributed by atoms with Gasteiger partial charge >= 0.3 is 5.97 Å². The fraction of sp³-hybridized carbons (Fsp3) is 0.500. The van der Waals surface area contributed by atoms with Gasteiger partial charge in [-0.3, -0.25) is 4.79 Å². The van der Waals surface area contributed by atoms with Gasteiger partial charge in [-0.1, -0.05) is 42.5 Å². The van der Waals surface area contributed by atoms with Gasteiger partial charge in [-0.2, -0.15) is 0 Å². The van der Waals surface area contributed by atoms with Crippen LogP contribution in [0.3, 0.4) is 0 Å². The molecule has 4 nitrogen and oxygen atoms in total. The minimum Gasteiger partial charge on any atom is -0.462 e. The molecule has 5 atom stereocenters. The van der Waals surface area contributed by atoms with Crippen LogP contribution in [-0.4, -0.2) is 34.5 Å². The summed E-state index contributed by atoms with van der Waals surface area (Å²) in [6.45, 7) is 0. The molecule has 3 rings (SSSR count). The minimum absolute atomic E-state index is 0.0556. The average molecular weight is 302 g/mol. The van der Waals surface area contributed by atoms with Crippen LogP contribution in [-0.2, 0) is 16.0 Å². The molecule has 1 aromatic rings. The standard InChI is InChI=1S/C18H22O4/c19-13(7-6-12-4-2-1-3-5-12)8-9-14-15-10-18(21)22-17(15)11-16(14)20/h1-5,8-9,13-17,19-20H,6-7,10-11H2/t13?,14?,15-,16-,17+/m1/s1. The summed E-state index contributed by atoms with van der Waals surface area (Å²) in [5.41, 5.74) is 1.20. The van der Waals surface area contributed by atoms with Gasteiger partial charge in [0.25, 0.3) is 0 Å². The summed E-state index contributed by atoms with van der Waals surface area (Å²) in [7, 11) is 0. The summed E-state index contributed by atoms with van der Waals surface area (Å²) in [6, 6.07) is 10.0. The summed E-state index contributed by atoms with van der Waals surface area (Å²) in [5, 5.41) is 20.2. The Bertz CT molecular complexity index is 539. The number of aryl methyl sites for hydroxylation is 1. The van der Waals surface area contributed by atoms with Crippen LogP contribution in [0.5, 0.6) is 0 Å². The van der Waals surface area contributed by atoms with Crippen molar-refractivity contribution in [3.05, 3.63) is 48.0 Å². The highest BCUT2D eigenvalue weighted by molar-refractivity contribution is 5.72. The Morgan fingerprint density at radius 2 is 2.09 bits per heavy atom. The van der Waals surface area contributed by atoms with Gasteiger partial charge in [-0.15, -0.1) is 0 Å². The van der Waals surface area contributed by atoms with E-state index in [2.05, 4.69) is 0 Å². The molecule has 2 unspecified atom stereocenters. The number of esters is 1. The van der Waals surface area contributed by atoms with Crippen LogP contribution in [0.2, 0.25) is 0 Å². The van der Waals surface area contributed by atoms with E-state index in [4.69, 9.17) is 4.74 Å². The number of fused-ring (bicyclic) bond motifs is 1. The van der Waals surface area contributed by atoms with Crippen LogP contribution in [0.25, 0.3) is 0 Å². The van der Waals surface area contributed by atoms with Crippen molar-refractivity contribution in [2.24, 2.45) is 11.8 Å². The highest BCUT2D eigenvalue weighted by atomic mass is 16.6. The molecule has 0 aromatic heterocycles. The van der Waals surface area contributed by atoms with Gasteiger partial charge in [0.15, 0.2) is 0 Å². The first kappa shape index (κ1) is 15.3. The van der Waals surface area contributed by atoms with Crippen molar-refractivity contribution >= 4 is 5.97 Å². The number of hydrogen-bond acceptors (Lipinski definition) is 4. The SMILES string of the molecule is O=C1C[C@@H]2C(C=CC(O)CCc3ccccc3)[C@H](O)C[C@@H]2O1.